The number of benzene rings is 1. The maximum absolute atomic E-state index is 11.3. The van der Waals surface area contributed by atoms with Gasteiger partial charge in [-0.3, -0.25) is 9.48 Å². The number of aromatic nitrogens is 2. The van der Waals surface area contributed by atoms with Gasteiger partial charge in [0.1, 0.15) is 0 Å². The number of rotatable bonds is 2. The lowest BCUT2D eigenvalue weighted by atomic mass is 10.1. The van der Waals surface area contributed by atoms with Crippen LogP contribution in [0.3, 0.4) is 0 Å². The number of ketones is 1. The van der Waals surface area contributed by atoms with Crippen molar-refractivity contribution in [2.75, 3.05) is 0 Å². The molecule has 14 heavy (non-hydrogen) atoms. The lowest BCUT2D eigenvalue weighted by molar-refractivity contribution is 0.101. The van der Waals surface area contributed by atoms with E-state index < -0.39 is 0 Å². The van der Waals surface area contributed by atoms with Crippen LogP contribution in [0.4, 0.5) is 0 Å². The summed E-state index contributed by atoms with van der Waals surface area (Å²) < 4.78 is 1.89. The van der Waals surface area contributed by atoms with Gasteiger partial charge in [-0.25, -0.2) is 0 Å². The van der Waals surface area contributed by atoms with Crippen LogP contribution in [0.2, 0.25) is 0 Å². The lowest BCUT2D eigenvalue weighted by Crippen LogP contribution is -1.96. The molecule has 0 fully saturated rings. The van der Waals surface area contributed by atoms with E-state index in [4.69, 9.17) is 0 Å². The SMILES string of the molecule is CCn1ncc2c(C(C)=O)cccc21. The van der Waals surface area contributed by atoms with Crippen molar-refractivity contribution in [2.24, 2.45) is 0 Å². The summed E-state index contributed by atoms with van der Waals surface area (Å²) in [6.07, 6.45) is 1.76. The monoisotopic (exact) mass is 188 g/mol. The van der Waals surface area contributed by atoms with Crippen molar-refractivity contribution in [3.8, 4) is 0 Å². The second-order valence-corrected chi connectivity index (χ2v) is 3.25. The Labute approximate surface area is 82.3 Å². The third-order valence-electron chi connectivity index (χ3n) is 2.37. The predicted octanol–water partition coefficient (Wildman–Crippen LogP) is 2.26. The molecule has 2 aromatic rings. The molecular formula is C11H12N2O. The van der Waals surface area contributed by atoms with Crippen molar-refractivity contribution in [1.82, 2.24) is 9.78 Å². The van der Waals surface area contributed by atoms with Crippen LogP contribution < -0.4 is 0 Å². The number of Topliss-reactive ketones (excluding diaryl/α,β-unsaturated/α-hetero) is 1. The number of carbonyl (C=O) groups excluding carboxylic acids is 1. The number of hydrogen-bond acceptors (Lipinski definition) is 2. The number of carbonyl (C=O) groups is 1. The third-order valence-corrected chi connectivity index (χ3v) is 2.37. The highest BCUT2D eigenvalue weighted by molar-refractivity contribution is 6.06. The van der Waals surface area contributed by atoms with E-state index in [2.05, 4.69) is 5.10 Å². The van der Waals surface area contributed by atoms with E-state index in [-0.39, 0.29) is 5.78 Å². The first-order valence-corrected chi connectivity index (χ1v) is 4.69. The highest BCUT2D eigenvalue weighted by atomic mass is 16.1. The van der Waals surface area contributed by atoms with Gasteiger partial charge in [0.2, 0.25) is 0 Å². The number of nitrogens with zero attached hydrogens (tertiary/aromatic N) is 2. The first-order chi connectivity index (χ1) is 6.74. The van der Waals surface area contributed by atoms with E-state index in [9.17, 15) is 4.79 Å². The minimum absolute atomic E-state index is 0.0891. The normalized spacial score (nSPS) is 10.7. The summed E-state index contributed by atoms with van der Waals surface area (Å²) in [5.41, 5.74) is 1.78. The van der Waals surface area contributed by atoms with E-state index >= 15 is 0 Å². The van der Waals surface area contributed by atoms with Crippen LogP contribution in [0.5, 0.6) is 0 Å². The summed E-state index contributed by atoms with van der Waals surface area (Å²) in [7, 11) is 0. The Morgan fingerprint density at radius 1 is 1.50 bits per heavy atom. The van der Waals surface area contributed by atoms with Gasteiger partial charge in [-0.1, -0.05) is 12.1 Å². The van der Waals surface area contributed by atoms with Crippen LogP contribution in [0.15, 0.2) is 24.4 Å². The molecular weight excluding hydrogens is 176 g/mol. The average molecular weight is 188 g/mol. The van der Waals surface area contributed by atoms with Crippen molar-refractivity contribution in [2.45, 2.75) is 20.4 Å². The van der Waals surface area contributed by atoms with Crippen LogP contribution in [0, 0.1) is 0 Å². The molecule has 1 heterocycles. The summed E-state index contributed by atoms with van der Waals surface area (Å²) >= 11 is 0. The Kier molecular flexibility index (Phi) is 2.08. The molecule has 0 spiro atoms. The standard InChI is InChI=1S/C11H12N2O/c1-3-13-11-6-4-5-9(8(2)14)10(11)7-12-13/h4-7H,3H2,1-2H3. The number of hydrogen-bond donors (Lipinski definition) is 0. The highest BCUT2D eigenvalue weighted by Gasteiger charge is 2.08. The van der Waals surface area contributed by atoms with E-state index in [0.717, 1.165) is 23.0 Å². The fourth-order valence-corrected chi connectivity index (χ4v) is 1.66. The molecule has 3 nitrogen and oxygen atoms in total. The zero-order valence-corrected chi connectivity index (χ0v) is 8.32. The van der Waals surface area contributed by atoms with Crippen molar-refractivity contribution in [1.29, 1.82) is 0 Å². The molecule has 0 aliphatic heterocycles. The largest absolute Gasteiger partial charge is 0.294 e. The van der Waals surface area contributed by atoms with Crippen molar-refractivity contribution < 1.29 is 4.79 Å². The lowest BCUT2D eigenvalue weighted by Gasteiger charge is -2.00. The minimum atomic E-state index is 0.0891. The predicted molar refractivity (Wildman–Crippen MR) is 55.4 cm³/mol. The molecule has 0 aliphatic carbocycles. The van der Waals surface area contributed by atoms with Gasteiger partial charge < -0.3 is 0 Å². The molecule has 0 unspecified atom stereocenters. The van der Waals surface area contributed by atoms with Crippen LogP contribution in [-0.2, 0) is 6.54 Å². The fourth-order valence-electron chi connectivity index (χ4n) is 1.66. The van der Waals surface area contributed by atoms with E-state index in [1.54, 1.807) is 13.1 Å². The van der Waals surface area contributed by atoms with Crippen molar-refractivity contribution in [3.05, 3.63) is 30.0 Å². The molecule has 1 aromatic heterocycles. The fraction of sp³-hybridized carbons (Fsp3) is 0.273. The zero-order valence-electron chi connectivity index (χ0n) is 8.32. The first kappa shape index (κ1) is 8.94. The first-order valence-electron chi connectivity index (χ1n) is 4.69. The van der Waals surface area contributed by atoms with Gasteiger partial charge >= 0.3 is 0 Å². The van der Waals surface area contributed by atoms with Crippen LogP contribution in [0.1, 0.15) is 24.2 Å². The maximum Gasteiger partial charge on any atom is 0.160 e. The molecule has 0 saturated heterocycles. The van der Waals surface area contributed by atoms with Crippen LogP contribution in [-0.4, -0.2) is 15.6 Å². The second kappa shape index (κ2) is 3.25. The smallest absolute Gasteiger partial charge is 0.160 e. The van der Waals surface area contributed by atoms with Gasteiger partial charge in [0.25, 0.3) is 0 Å². The van der Waals surface area contributed by atoms with Gasteiger partial charge in [0, 0.05) is 17.5 Å². The summed E-state index contributed by atoms with van der Waals surface area (Å²) in [5.74, 6) is 0.0891. The Balaban J connectivity index is 2.76. The summed E-state index contributed by atoms with van der Waals surface area (Å²) in [4.78, 5) is 11.3. The molecule has 0 atom stereocenters. The van der Waals surface area contributed by atoms with Crippen LogP contribution >= 0.6 is 0 Å². The van der Waals surface area contributed by atoms with E-state index in [1.807, 2.05) is 29.8 Å². The minimum Gasteiger partial charge on any atom is -0.294 e. The summed E-state index contributed by atoms with van der Waals surface area (Å²) in [6, 6.07) is 5.72. The van der Waals surface area contributed by atoms with Crippen molar-refractivity contribution in [3.63, 3.8) is 0 Å². The summed E-state index contributed by atoms with van der Waals surface area (Å²) in [6.45, 7) is 4.44. The van der Waals surface area contributed by atoms with Gasteiger partial charge in [-0.2, -0.15) is 5.10 Å². The van der Waals surface area contributed by atoms with E-state index in [0.29, 0.717) is 0 Å². The Morgan fingerprint density at radius 2 is 2.29 bits per heavy atom. The third kappa shape index (κ3) is 1.21. The molecule has 0 saturated carbocycles. The molecule has 0 bridgehead atoms. The molecule has 0 radical (unpaired) electrons. The Hall–Kier alpha value is -1.64. The average Bonchev–Trinajstić information content (AvgIpc) is 2.59. The zero-order chi connectivity index (χ0) is 10.1. The molecule has 3 heteroatoms. The van der Waals surface area contributed by atoms with Gasteiger partial charge in [-0.15, -0.1) is 0 Å². The molecule has 1 aromatic carbocycles. The number of fused-ring (bicyclic) bond motifs is 1. The Morgan fingerprint density at radius 3 is 2.93 bits per heavy atom. The molecule has 0 N–H and O–H groups in total. The van der Waals surface area contributed by atoms with Gasteiger partial charge in [-0.05, 0) is 19.9 Å². The maximum atomic E-state index is 11.3. The molecule has 72 valence electrons. The quantitative estimate of drug-likeness (QED) is 0.677. The highest BCUT2D eigenvalue weighted by Crippen LogP contribution is 2.18. The topological polar surface area (TPSA) is 34.9 Å². The van der Waals surface area contributed by atoms with Gasteiger partial charge in [0.05, 0.1) is 11.7 Å². The Bertz CT molecular complexity index is 485. The summed E-state index contributed by atoms with van der Waals surface area (Å²) in [5, 5.41) is 5.17. The van der Waals surface area contributed by atoms with Gasteiger partial charge in [0.15, 0.2) is 5.78 Å². The van der Waals surface area contributed by atoms with Crippen LogP contribution in [0.25, 0.3) is 10.9 Å². The van der Waals surface area contributed by atoms with Crippen molar-refractivity contribution >= 4 is 16.7 Å². The molecule has 2 rings (SSSR count). The number of aryl methyl sites for hydroxylation is 1. The van der Waals surface area contributed by atoms with E-state index in [1.165, 1.54) is 0 Å². The second-order valence-electron chi connectivity index (χ2n) is 3.25. The molecule has 0 amide bonds. The molecule has 0 aliphatic rings.